The van der Waals surface area contributed by atoms with Crippen molar-refractivity contribution in [3.63, 3.8) is 0 Å². The van der Waals surface area contributed by atoms with Crippen LogP contribution >= 0.6 is 0 Å². The fraction of sp³-hybridized carbons (Fsp3) is 0.182. The number of halogens is 1. The molecule has 0 saturated carbocycles. The first kappa shape index (κ1) is 13.7. The summed E-state index contributed by atoms with van der Waals surface area (Å²) in [6.45, 7) is -0.334. The van der Waals surface area contributed by atoms with E-state index in [1.54, 1.807) is 0 Å². The molecule has 0 amide bonds. The van der Waals surface area contributed by atoms with Gasteiger partial charge in [-0.3, -0.25) is 5.10 Å². The summed E-state index contributed by atoms with van der Waals surface area (Å²) in [6.07, 6.45) is 3.00. The highest BCUT2D eigenvalue weighted by Gasteiger charge is 2.19. The molecule has 2 aromatic rings. The van der Waals surface area contributed by atoms with Crippen LogP contribution in [0.4, 0.5) is 4.39 Å². The predicted octanol–water partition coefficient (Wildman–Crippen LogP) is 0.520. The maximum Gasteiger partial charge on any atom is 0.243 e. The average molecular weight is 285 g/mol. The summed E-state index contributed by atoms with van der Waals surface area (Å²) in [5.74, 6) is -0.897. The van der Waals surface area contributed by atoms with Crippen LogP contribution < -0.4 is 4.72 Å². The number of aromatic nitrogens is 2. The zero-order valence-electron chi connectivity index (χ0n) is 9.80. The third-order valence-corrected chi connectivity index (χ3v) is 3.92. The molecule has 0 saturated heterocycles. The van der Waals surface area contributed by atoms with Gasteiger partial charge in [-0.1, -0.05) is 6.07 Å². The van der Waals surface area contributed by atoms with Gasteiger partial charge >= 0.3 is 0 Å². The van der Waals surface area contributed by atoms with Crippen LogP contribution in [0.2, 0.25) is 0 Å². The van der Waals surface area contributed by atoms with Crippen LogP contribution in [0, 0.1) is 5.82 Å². The largest absolute Gasteiger partial charge is 0.392 e. The van der Waals surface area contributed by atoms with E-state index < -0.39 is 20.7 Å². The van der Waals surface area contributed by atoms with Crippen molar-refractivity contribution in [1.82, 2.24) is 14.9 Å². The van der Waals surface area contributed by atoms with E-state index in [1.165, 1.54) is 18.5 Å². The van der Waals surface area contributed by atoms with Gasteiger partial charge in [-0.05, 0) is 17.7 Å². The molecule has 0 unspecified atom stereocenters. The van der Waals surface area contributed by atoms with Gasteiger partial charge in [0.05, 0.1) is 12.8 Å². The lowest BCUT2D eigenvalue weighted by atomic mass is 10.2. The normalized spacial score (nSPS) is 11.7. The smallest absolute Gasteiger partial charge is 0.243 e. The van der Waals surface area contributed by atoms with E-state index in [1.807, 2.05) is 0 Å². The van der Waals surface area contributed by atoms with Crippen molar-refractivity contribution in [2.24, 2.45) is 0 Å². The summed E-state index contributed by atoms with van der Waals surface area (Å²) in [5.41, 5.74) is 0.947. The van der Waals surface area contributed by atoms with Crippen LogP contribution in [0.3, 0.4) is 0 Å². The molecule has 3 N–H and O–H groups in total. The lowest BCUT2D eigenvalue weighted by Gasteiger charge is -2.07. The number of hydrogen-bond acceptors (Lipinski definition) is 4. The minimum atomic E-state index is -3.94. The Balaban J connectivity index is 2.19. The molecule has 2 rings (SSSR count). The van der Waals surface area contributed by atoms with E-state index in [0.29, 0.717) is 11.1 Å². The van der Waals surface area contributed by atoms with Gasteiger partial charge in [-0.15, -0.1) is 0 Å². The highest BCUT2D eigenvalue weighted by molar-refractivity contribution is 7.89. The Morgan fingerprint density at radius 2 is 2.16 bits per heavy atom. The third kappa shape index (κ3) is 3.16. The van der Waals surface area contributed by atoms with Crippen molar-refractivity contribution in [1.29, 1.82) is 0 Å². The molecule has 0 atom stereocenters. The number of H-pyrrole nitrogens is 1. The highest BCUT2D eigenvalue weighted by Crippen LogP contribution is 2.16. The summed E-state index contributed by atoms with van der Waals surface area (Å²) in [6, 6.07) is 3.47. The number of hydrogen-bond donors (Lipinski definition) is 3. The average Bonchev–Trinajstić information content (AvgIpc) is 2.89. The van der Waals surface area contributed by atoms with Gasteiger partial charge in [0.15, 0.2) is 0 Å². The number of benzene rings is 1. The highest BCUT2D eigenvalue weighted by atomic mass is 32.2. The van der Waals surface area contributed by atoms with Crippen molar-refractivity contribution < 1.29 is 17.9 Å². The van der Waals surface area contributed by atoms with E-state index in [2.05, 4.69) is 14.9 Å². The molecule has 19 heavy (non-hydrogen) atoms. The van der Waals surface area contributed by atoms with E-state index in [9.17, 15) is 12.8 Å². The molecule has 1 heterocycles. The monoisotopic (exact) mass is 285 g/mol. The molecule has 0 aliphatic rings. The fourth-order valence-corrected chi connectivity index (χ4v) is 2.57. The molecule has 0 bridgehead atoms. The standard InChI is InChI=1S/C11H12FN3O3S/c12-10-3-8(7-16)1-2-11(10)19(17,18)15-6-9-4-13-14-5-9/h1-5,15-16H,6-7H2,(H,13,14). The lowest BCUT2D eigenvalue weighted by molar-refractivity contribution is 0.281. The van der Waals surface area contributed by atoms with E-state index >= 15 is 0 Å². The second-order valence-corrected chi connectivity index (χ2v) is 5.59. The van der Waals surface area contributed by atoms with Crippen molar-refractivity contribution in [3.05, 3.63) is 47.5 Å². The Hall–Kier alpha value is -1.77. The second-order valence-electron chi connectivity index (χ2n) is 3.85. The van der Waals surface area contributed by atoms with Crippen molar-refractivity contribution in [2.75, 3.05) is 0 Å². The molecule has 0 radical (unpaired) electrons. The molecule has 0 fully saturated rings. The SMILES string of the molecule is O=S(=O)(NCc1cn[nH]c1)c1ccc(CO)cc1F. The molecule has 102 valence electrons. The summed E-state index contributed by atoms with van der Waals surface area (Å²) >= 11 is 0. The quantitative estimate of drug-likeness (QED) is 0.746. The molecule has 8 heteroatoms. The van der Waals surface area contributed by atoms with Gasteiger partial charge in [-0.2, -0.15) is 5.10 Å². The van der Waals surface area contributed by atoms with Crippen LogP contribution in [-0.4, -0.2) is 23.7 Å². The number of rotatable bonds is 5. The summed E-state index contributed by atoms with van der Waals surface area (Å²) in [7, 11) is -3.94. The van der Waals surface area contributed by atoms with Gasteiger partial charge in [0.1, 0.15) is 10.7 Å². The Bertz CT molecular complexity index is 656. The van der Waals surface area contributed by atoms with E-state index in [-0.39, 0.29) is 13.2 Å². The summed E-state index contributed by atoms with van der Waals surface area (Å²) in [5, 5.41) is 15.1. The number of aliphatic hydroxyl groups is 1. The molecule has 1 aromatic carbocycles. The topological polar surface area (TPSA) is 95.1 Å². The number of sulfonamides is 1. The molecule has 0 aliphatic heterocycles. The van der Waals surface area contributed by atoms with Crippen LogP contribution in [-0.2, 0) is 23.2 Å². The molecule has 0 spiro atoms. The van der Waals surface area contributed by atoms with Crippen LogP contribution in [0.1, 0.15) is 11.1 Å². The third-order valence-electron chi connectivity index (χ3n) is 2.49. The van der Waals surface area contributed by atoms with Crippen molar-refractivity contribution in [3.8, 4) is 0 Å². The van der Waals surface area contributed by atoms with Gasteiger partial charge in [0.2, 0.25) is 10.0 Å². The van der Waals surface area contributed by atoms with Gasteiger partial charge in [0.25, 0.3) is 0 Å². The molecular weight excluding hydrogens is 273 g/mol. The summed E-state index contributed by atoms with van der Waals surface area (Å²) in [4.78, 5) is -0.451. The van der Waals surface area contributed by atoms with Crippen LogP contribution in [0.5, 0.6) is 0 Å². The summed E-state index contributed by atoms with van der Waals surface area (Å²) < 4.78 is 39.7. The first-order valence-corrected chi connectivity index (χ1v) is 6.88. The maximum atomic E-state index is 13.6. The molecule has 0 aliphatic carbocycles. The molecule has 1 aromatic heterocycles. The number of aromatic amines is 1. The second kappa shape index (κ2) is 5.47. The number of aliphatic hydroxyl groups excluding tert-OH is 1. The van der Waals surface area contributed by atoms with Gasteiger partial charge in [-0.25, -0.2) is 17.5 Å². The minimum absolute atomic E-state index is 0.0139. The zero-order chi connectivity index (χ0) is 13.9. The Labute approximate surface area is 109 Å². The van der Waals surface area contributed by atoms with Crippen LogP contribution in [0.15, 0.2) is 35.5 Å². The van der Waals surface area contributed by atoms with Gasteiger partial charge < -0.3 is 5.11 Å². The lowest BCUT2D eigenvalue weighted by Crippen LogP contribution is -2.24. The number of nitrogens with one attached hydrogen (secondary N) is 2. The number of nitrogens with zero attached hydrogens (tertiary/aromatic N) is 1. The van der Waals surface area contributed by atoms with E-state index in [0.717, 1.165) is 12.1 Å². The van der Waals surface area contributed by atoms with Crippen molar-refractivity contribution in [2.45, 2.75) is 18.0 Å². The molecule has 6 nitrogen and oxygen atoms in total. The van der Waals surface area contributed by atoms with E-state index in [4.69, 9.17) is 5.11 Å². The fourth-order valence-electron chi connectivity index (χ4n) is 1.49. The van der Waals surface area contributed by atoms with Crippen LogP contribution in [0.25, 0.3) is 0 Å². The Kier molecular flexibility index (Phi) is 3.93. The Morgan fingerprint density at radius 1 is 1.37 bits per heavy atom. The first-order valence-electron chi connectivity index (χ1n) is 5.39. The van der Waals surface area contributed by atoms with Crippen molar-refractivity contribution >= 4 is 10.0 Å². The predicted molar refractivity (Wildman–Crippen MR) is 64.9 cm³/mol. The zero-order valence-corrected chi connectivity index (χ0v) is 10.6. The maximum absolute atomic E-state index is 13.6. The minimum Gasteiger partial charge on any atom is -0.392 e. The Morgan fingerprint density at radius 3 is 2.74 bits per heavy atom. The van der Waals surface area contributed by atoms with Gasteiger partial charge in [0, 0.05) is 18.3 Å². The molecular formula is C11H12FN3O3S. The first-order chi connectivity index (χ1) is 9.03.